The molecule has 0 amide bonds. The van der Waals surface area contributed by atoms with Crippen molar-refractivity contribution in [2.45, 2.75) is 12.5 Å². The fourth-order valence-corrected chi connectivity index (χ4v) is 2.04. The van der Waals surface area contributed by atoms with Crippen molar-refractivity contribution in [3.63, 3.8) is 0 Å². The molecule has 0 saturated carbocycles. The predicted molar refractivity (Wildman–Crippen MR) is 80.7 cm³/mol. The molecule has 1 atom stereocenters. The van der Waals surface area contributed by atoms with Gasteiger partial charge in [-0.2, -0.15) is 0 Å². The second-order valence-electron chi connectivity index (χ2n) is 4.27. The van der Waals surface area contributed by atoms with Gasteiger partial charge in [-0.3, -0.25) is 0 Å². The van der Waals surface area contributed by atoms with E-state index in [2.05, 4.69) is 11.9 Å². The summed E-state index contributed by atoms with van der Waals surface area (Å²) in [6.07, 6.45) is 2.74. The minimum Gasteiger partial charge on any atom is -0.496 e. The van der Waals surface area contributed by atoms with Gasteiger partial charge in [0, 0.05) is 18.7 Å². The predicted octanol–water partition coefficient (Wildman–Crippen LogP) is 1.88. The van der Waals surface area contributed by atoms with Gasteiger partial charge in [0.1, 0.15) is 17.2 Å². The molecule has 0 spiro atoms. The minimum atomic E-state index is -0.0502. The van der Waals surface area contributed by atoms with Crippen molar-refractivity contribution in [2.24, 2.45) is 5.73 Å². The average molecular weight is 280 g/mol. The number of rotatable bonds is 9. The first kappa shape index (κ1) is 16.3. The zero-order chi connectivity index (χ0) is 15.0. The molecule has 0 saturated heterocycles. The Balaban J connectivity index is 3.13. The van der Waals surface area contributed by atoms with Crippen LogP contribution in [-0.4, -0.2) is 34.4 Å². The summed E-state index contributed by atoms with van der Waals surface area (Å²) in [6, 6.07) is 3.61. The van der Waals surface area contributed by atoms with Crippen LogP contribution < -0.4 is 25.3 Å². The highest BCUT2D eigenvalue weighted by Crippen LogP contribution is 2.37. The summed E-state index contributed by atoms with van der Waals surface area (Å²) in [5, 5.41) is 3.38. The van der Waals surface area contributed by atoms with Crippen molar-refractivity contribution in [3.05, 3.63) is 30.4 Å². The fourth-order valence-electron chi connectivity index (χ4n) is 2.04. The van der Waals surface area contributed by atoms with Crippen LogP contribution >= 0.6 is 0 Å². The molecule has 0 aromatic heterocycles. The van der Waals surface area contributed by atoms with Gasteiger partial charge in [-0.25, -0.2) is 0 Å². The molecule has 20 heavy (non-hydrogen) atoms. The van der Waals surface area contributed by atoms with Gasteiger partial charge >= 0.3 is 0 Å². The molecule has 1 aromatic carbocycles. The lowest BCUT2D eigenvalue weighted by Crippen LogP contribution is -2.29. The molecule has 5 heteroatoms. The first-order valence-electron chi connectivity index (χ1n) is 6.56. The van der Waals surface area contributed by atoms with Crippen LogP contribution in [0.1, 0.15) is 18.0 Å². The Kier molecular flexibility index (Phi) is 6.90. The number of nitrogens with one attached hydrogen (secondary N) is 1. The second-order valence-corrected chi connectivity index (χ2v) is 4.27. The smallest absolute Gasteiger partial charge is 0.131 e. The van der Waals surface area contributed by atoms with Crippen molar-refractivity contribution in [2.75, 3.05) is 34.4 Å². The van der Waals surface area contributed by atoms with Crippen LogP contribution in [0.3, 0.4) is 0 Å². The fraction of sp³-hybridized carbons (Fsp3) is 0.467. The highest BCUT2D eigenvalue weighted by Gasteiger charge is 2.21. The Morgan fingerprint density at radius 2 is 1.80 bits per heavy atom. The summed E-state index contributed by atoms with van der Waals surface area (Å²) >= 11 is 0. The minimum absolute atomic E-state index is 0.0502. The molecule has 0 fully saturated rings. The van der Waals surface area contributed by atoms with E-state index in [1.807, 2.05) is 18.2 Å². The zero-order valence-corrected chi connectivity index (χ0v) is 12.4. The van der Waals surface area contributed by atoms with Crippen LogP contribution in [0.4, 0.5) is 0 Å². The van der Waals surface area contributed by atoms with Crippen LogP contribution in [0.25, 0.3) is 0 Å². The number of hydrogen-bond acceptors (Lipinski definition) is 5. The Labute approximate surface area is 120 Å². The van der Waals surface area contributed by atoms with Crippen LogP contribution in [-0.2, 0) is 0 Å². The van der Waals surface area contributed by atoms with Crippen LogP contribution in [0.15, 0.2) is 24.8 Å². The molecule has 1 unspecified atom stereocenters. The molecule has 1 aromatic rings. The summed E-state index contributed by atoms with van der Waals surface area (Å²) in [4.78, 5) is 0. The van der Waals surface area contributed by atoms with E-state index in [-0.39, 0.29) is 6.04 Å². The lowest BCUT2D eigenvalue weighted by molar-refractivity contribution is 0.358. The normalized spacial score (nSPS) is 11.8. The zero-order valence-electron chi connectivity index (χ0n) is 12.4. The lowest BCUT2D eigenvalue weighted by Gasteiger charge is -2.22. The van der Waals surface area contributed by atoms with Crippen LogP contribution in [0, 0.1) is 0 Å². The first-order valence-corrected chi connectivity index (χ1v) is 6.56. The number of nitrogens with two attached hydrogens (primary N) is 1. The van der Waals surface area contributed by atoms with E-state index in [9.17, 15) is 0 Å². The Bertz CT molecular complexity index is 410. The topological polar surface area (TPSA) is 65.7 Å². The van der Waals surface area contributed by atoms with Gasteiger partial charge in [-0.05, 0) is 13.0 Å². The summed E-state index contributed by atoms with van der Waals surface area (Å²) in [6.45, 7) is 4.95. The standard InChI is InChI=1S/C15H24N2O3/c1-5-6-7-17-12(10-16)15-13(19-3)8-11(18-2)9-14(15)20-4/h5,8-9,12,17H,1,6-7,10,16H2,2-4H3. The van der Waals surface area contributed by atoms with Gasteiger partial charge in [-0.1, -0.05) is 6.08 Å². The maximum atomic E-state index is 5.87. The number of ether oxygens (including phenoxy) is 3. The molecule has 5 nitrogen and oxygen atoms in total. The van der Waals surface area contributed by atoms with E-state index >= 15 is 0 Å². The van der Waals surface area contributed by atoms with Gasteiger partial charge in [0.25, 0.3) is 0 Å². The highest BCUT2D eigenvalue weighted by molar-refractivity contribution is 5.52. The van der Waals surface area contributed by atoms with Crippen molar-refractivity contribution in [1.82, 2.24) is 5.32 Å². The highest BCUT2D eigenvalue weighted by atomic mass is 16.5. The SMILES string of the molecule is C=CCCNC(CN)c1c(OC)cc(OC)cc1OC. The maximum absolute atomic E-state index is 5.87. The molecular formula is C15H24N2O3. The van der Waals surface area contributed by atoms with E-state index in [0.29, 0.717) is 23.8 Å². The van der Waals surface area contributed by atoms with Crippen LogP contribution in [0.5, 0.6) is 17.2 Å². The van der Waals surface area contributed by atoms with E-state index < -0.39 is 0 Å². The molecule has 0 bridgehead atoms. The Morgan fingerprint density at radius 3 is 2.20 bits per heavy atom. The van der Waals surface area contributed by atoms with Crippen molar-refractivity contribution >= 4 is 0 Å². The first-order chi connectivity index (χ1) is 9.71. The molecule has 0 aliphatic heterocycles. The van der Waals surface area contributed by atoms with Gasteiger partial charge < -0.3 is 25.3 Å². The van der Waals surface area contributed by atoms with Gasteiger partial charge in [0.15, 0.2) is 0 Å². The number of methoxy groups -OCH3 is 3. The van der Waals surface area contributed by atoms with E-state index in [1.165, 1.54) is 0 Å². The maximum Gasteiger partial charge on any atom is 0.131 e. The average Bonchev–Trinajstić information content (AvgIpc) is 2.50. The monoisotopic (exact) mass is 280 g/mol. The molecule has 1 rings (SSSR count). The van der Waals surface area contributed by atoms with Crippen molar-refractivity contribution in [1.29, 1.82) is 0 Å². The quantitative estimate of drug-likeness (QED) is 0.534. The molecule has 3 N–H and O–H groups in total. The third-order valence-corrected chi connectivity index (χ3v) is 3.08. The molecule has 0 aliphatic rings. The van der Waals surface area contributed by atoms with Gasteiger partial charge in [-0.15, -0.1) is 6.58 Å². The number of hydrogen-bond donors (Lipinski definition) is 2. The van der Waals surface area contributed by atoms with E-state index in [4.69, 9.17) is 19.9 Å². The van der Waals surface area contributed by atoms with Crippen molar-refractivity contribution < 1.29 is 14.2 Å². The van der Waals surface area contributed by atoms with Gasteiger partial charge in [0.05, 0.1) is 32.9 Å². The van der Waals surface area contributed by atoms with Gasteiger partial charge in [0.2, 0.25) is 0 Å². The molecule has 0 aliphatic carbocycles. The lowest BCUT2D eigenvalue weighted by atomic mass is 10.0. The third kappa shape index (κ3) is 3.88. The van der Waals surface area contributed by atoms with Crippen LogP contribution in [0.2, 0.25) is 0 Å². The number of benzene rings is 1. The molecular weight excluding hydrogens is 256 g/mol. The summed E-state index contributed by atoms with van der Waals surface area (Å²) in [5.41, 5.74) is 6.78. The molecule has 112 valence electrons. The summed E-state index contributed by atoms with van der Waals surface area (Å²) < 4.78 is 16.1. The molecule has 0 radical (unpaired) electrons. The Hall–Kier alpha value is -1.72. The molecule has 0 heterocycles. The van der Waals surface area contributed by atoms with E-state index in [1.54, 1.807) is 21.3 Å². The van der Waals surface area contributed by atoms with Crippen molar-refractivity contribution in [3.8, 4) is 17.2 Å². The van der Waals surface area contributed by atoms with E-state index in [0.717, 1.165) is 18.5 Å². The largest absolute Gasteiger partial charge is 0.496 e. The summed E-state index contributed by atoms with van der Waals surface area (Å²) in [7, 11) is 4.85. The second kappa shape index (κ2) is 8.45. The summed E-state index contributed by atoms with van der Waals surface area (Å²) in [5.74, 6) is 2.08. The Morgan fingerprint density at radius 1 is 1.20 bits per heavy atom. The third-order valence-electron chi connectivity index (χ3n) is 3.08.